The molecule has 0 aliphatic heterocycles. The van der Waals surface area contributed by atoms with Crippen LogP contribution >= 0.6 is 0 Å². The summed E-state index contributed by atoms with van der Waals surface area (Å²) in [5.74, 6) is 2.99. The summed E-state index contributed by atoms with van der Waals surface area (Å²) in [5, 5.41) is 0. The van der Waals surface area contributed by atoms with E-state index in [-0.39, 0.29) is 0 Å². The molecule has 0 amide bonds. The minimum Gasteiger partial charge on any atom is -0.0996 e. The van der Waals surface area contributed by atoms with Crippen molar-refractivity contribution in [3.63, 3.8) is 0 Å². The van der Waals surface area contributed by atoms with E-state index in [1.54, 1.807) is 5.57 Å². The van der Waals surface area contributed by atoms with Gasteiger partial charge >= 0.3 is 0 Å². The molecule has 0 fully saturated rings. The van der Waals surface area contributed by atoms with Gasteiger partial charge in [-0.25, -0.2) is 0 Å². The van der Waals surface area contributed by atoms with Crippen LogP contribution in [0.4, 0.5) is 0 Å². The van der Waals surface area contributed by atoms with Gasteiger partial charge in [0, 0.05) is 0 Å². The van der Waals surface area contributed by atoms with Crippen molar-refractivity contribution in [2.24, 2.45) is 23.7 Å². The summed E-state index contributed by atoms with van der Waals surface area (Å²) in [4.78, 5) is 0. The van der Waals surface area contributed by atoms with E-state index in [0.29, 0.717) is 0 Å². The molecule has 3 atom stereocenters. The maximum Gasteiger partial charge on any atom is -0.0137 e. The molecule has 1 aliphatic rings. The summed E-state index contributed by atoms with van der Waals surface area (Å²) >= 11 is 0. The molecule has 0 bridgehead atoms. The zero-order chi connectivity index (χ0) is 13.0. The van der Waals surface area contributed by atoms with Gasteiger partial charge in [0.2, 0.25) is 0 Å². The zero-order valence-corrected chi connectivity index (χ0v) is 12.4. The molecule has 0 aromatic rings. The molecule has 0 nitrogen and oxygen atoms in total. The van der Waals surface area contributed by atoms with E-state index in [0.717, 1.165) is 30.1 Å². The molecule has 0 saturated carbocycles. The van der Waals surface area contributed by atoms with Gasteiger partial charge in [0.1, 0.15) is 0 Å². The van der Waals surface area contributed by atoms with Crippen molar-refractivity contribution in [2.75, 3.05) is 0 Å². The van der Waals surface area contributed by atoms with Crippen LogP contribution in [0.15, 0.2) is 23.8 Å². The molecule has 1 rings (SSSR count). The number of rotatable bonds is 5. The van der Waals surface area contributed by atoms with Crippen LogP contribution < -0.4 is 0 Å². The van der Waals surface area contributed by atoms with Gasteiger partial charge in [0.15, 0.2) is 0 Å². The van der Waals surface area contributed by atoms with Crippen molar-refractivity contribution in [3.8, 4) is 0 Å². The smallest absolute Gasteiger partial charge is 0.0137 e. The second-order valence-corrected chi connectivity index (χ2v) is 6.02. The second kappa shape index (κ2) is 6.42. The van der Waals surface area contributed by atoms with Gasteiger partial charge in [-0.1, -0.05) is 58.4 Å². The number of hydrogen-bond acceptors (Lipinski definition) is 0. The van der Waals surface area contributed by atoms with Crippen LogP contribution in [0.2, 0.25) is 0 Å². The normalized spacial score (nSPS) is 26.8. The van der Waals surface area contributed by atoms with Gasteiger partial charge in [-0.2, -0.15) is 0 Å². The molecule has 98 valence electrons. The Morgan fingerprint density at radius 2 is 2.00 bits per heavy atom. The van der Waals surface area contributed by atoms with Crippen molar-refractivity contribution in [3.05, 3.63) is 23.8 Å². The Kier molecular flexibility index (Phi) is 5.49. The molecule has 1 aliphatic carbocycles. The highest BCUT2D eigenvalue weighted by atomic mass is 14.4. The first-order valence-electron chi connectivity index (χ1n) is 7.38. The Hall–Kier alpha value is -0.520. The lowest BCUT2D eigenvalue weighted by Gasteiger charge is -2.37. The fourth-order valence-corrected chi connectivity index (χ4v) is 3.00. The van der Waals surface area contributed by atoms with E-state index in [1.165, 1.54) is 24.8 Å². The van der Waals surface area contributed by atoms with E-state index in [4.69, 9.17) is 0 Å². The summed E-state index contributed by atoms with van der Waals surface area (Å²) < 4.78 is 0. The summed E-state index contributed by atoms with van der Waals surface area (Å²) in [6.45, 7) is 16.0. The Labute approximate surface area is 108 Å². The first kappa shape index (κ1) is 14.5. The molecule has 0 aromatic carbocycles. The Morgan fingerprint density at radius 1 is 1.35 bits per heavy atom. The molecule has 0 heterocycles. The van der Waals surface area contributed by atoms with Crippen LogP contribution in [-0.2, 0) is 0 Å². The van der Waals surface area contributed by atoms with E-state index in [1.807, 2.05) is 0 Å². The van der Waals surface area contributed by atoms with Gasteiger partial charge < -0.3 is 0 Å². The summed E-state index contributed by atoms with van der Waals surface area (Å²) in [6.07, 6.45) is 7.57. The maximum atomic E-state index is 4.31. The van der Waals surface area contributed by atoms with E-state index < -0.39 is 0 Å². The Bertz CT molecular complexity index is 282. The highest BCUT2D eigenvalue weighted by Gasteiger charge is 2.30. The first-order chi connectivity index (χ1) is 8.01. The minimum absolute atomic E-state index is 0.728. The van der Waals surface area contributed by atoms with E-state index >= 15 is 0 Å². The zero-order valence-electron chi connectivity index (χ0n) is 12.4. The van der Waals surface area contributed by atoms with Gasteiger partial charge in [-0.3, -0.25) is 0 Å². The maximum absolute atomic E-state index is 4.31. The van der Waals surface area contributed by atoms with Crippen LogP contribution in [0.5, 0.6) is 0 Å². The average molecular weight is 234 g/mol. The molecule has 0 N–H and O–H groups in total. The second-order valence-electron chi connectivity index (χ2n) is 6.02. The average Bonchev–Trinajstić information content (AvgIpc) is 2.35. The van der Waals surface area contributed by atoms with Crippen LogP contribution in [0.1, 0.15) is 60.3 Å². The van der Waals surface area contributed by atoms with Crippen LogP contribution in [0.3, 0.4) is 0 Å². The van der Waals surface area contributed by atoms with Crippen molar-refractivity contribution < 1.29 is 0 Å². The van der Waals surface area contributed by atoms with Crippen molar-refractivity contribution in [1.82, 2.24) is 0 Å². The molecule has 0 radical (unpaired) electrons. The number of hydrogen-bond donors (Lipinski definition) is 0. The summed E-state index contributed by atoms with van der Waals surface area (Å²) in [6, 6.07) is 0. The minimum atomic E-state index is 0.728. The van der Waals surface area contributed by atoms with Crippen LogP contribution in [-0.4, -0.2) is 0 Å². The lowest BCUT2D eigenvalue weighted by Crippen LogP contribution is -2.27. The van der Waals surface area contributed by atoms with E-state index in [2.05, 4.69) is 47.3 Å². The fraction of sp³-hybridized carbons (Fsp3) is 0.765. The van der Waals surface area contributed by atoms with Crippen molar-refractivity contribution >= 4 is 0 Å². The number of allylic oxidation sites excluding steroid dienone is 3. The fourth-order valence-electron chi connectivity index (χ4n) is 3.00. The van der Waals surface area contributed by atoms with Gasteiger partial charge in [0.25, 0.3) is 0 Å². The summed E-state index contributed by atoms with van der Waals surface area (Å²) in [5.41, 5.74) is 3.14. The molecule has 0 saturated heterocycles. The van der Waals surface area contributed by atoms with Gasteiger partial charge in [-0.15, -0.1) is 0 Å². The van der Waals surface area contributed by atoms with Crippen molar-refractivity contribution in [1.29, 1.82) is 0 Å². The molecular formula is C17H30. The largest absolute Gasteiger partial charge is 0.0996 e. The Morgan fingerprint density at radius 3 is 2.47 bits per heavy atom. The molecule has 0 heteroatoms. The molecule has 0 spiro atoms. The molecule has 0 aromatic heterocycles. The van der Waals surface area contributed by atoms with Gasteiger partial charge in [0.05, 0.1) is 0 Å². The third-order valence-electron chi connectivity index (χ3n) is 4.76. The van der Waals surface area contributed by atoms with Crippen molar-refractivity contribution in [2.45, 2.75) is 60.3 Å². The quantitative estimate of drug-likeness (QED) is 0.543. The lowest BCUT2D eigenvalue weighted by molar-refractivity contribution is 0.240. The predicted molar refractivity (Wildman–Crippen MR) is 78.0 cm³/mol. The molecule has 0 unspecified atom stereocenters. The summed E-state index contributed by atoms with van der Waals surface area (Å²) in [7, 11) is 0. The first-order valence-corrected chi connectivity index (χ1v) is 7.38. The lowest BCUT2D eigenvalue weighted by atomic mass is 9.68. The third kappa shape index (κ3) is 3.47. The highest BCUT2D eigenvalue weighted by Crippen LogP contribution is 2.41. The SMILES string of the molecule is C=C(CC)[C@H]1CCC(CC)=C[C@H]1[C@@H](C)C(C)C. The molecular weight excluding hydrogens is 204 g/mol. The third-order valence-corrected chi connectivity index (χ3v) is 4.76. The standard InChI is InChI=1S/C17H30/c1-7-13(5)16-10-9-15(8-2)11-17(16)14(6)12(3)4/h11-12,14,16-17H,5,7-10H2,1-4,6H3/t14-,16+,17-/m0/s1. The van der Waals surface area contributed by atoms with Crippen LogP contribution in [0, 0.1) is 23.7 Å². The Balaban J connectivity index is 2.92. The monoisotopic (exact) mass is 234 g/mol. The topological polar surface area (TPSA) is 0 Å². The molecule has 17 heavy (non-hydrogen) atoms. The van der Waals surface area contributed by atoms with Gasteiger partial charge in [-0.05, 0) is 49.4 Å². The van der Waals surface area contributed by atoms with E-state index in [9.17, 15) is 0 Å². The highest BCUT2D eigenvalue weighted by molar-refractivity contribution is 5.17. The van der Waals surface area contributed by atoms with Crippen LogP contribution in [0.25, 0.3) is 0 Å². The predicted octanol–water partition coefficient (Wildman–Crippen LogP) is 5.61.